The normalized spacial score (nSPS) is 17.0. The average Bonchev–Trinajstić information content (AvgIpc) is 3.00. The summed E-state index contributed by atoms with van der Waals surface area (Å²) in [6.45, 7) is 0.600. The van der Waals surface area contributed by atoms with Crippen molar-refractivity contribution in [1.82, 2.24) is 9.88 Å². The van der Waals surface area contributed by atoms with Gasteiger partial charge in [0.05, 0.1) is 0 Å². The van der Waals surface area contributed by atoms with Crippen molar-refractivity contribution >= 4 is 5.91 Å². The fourth-order valence-electron chi connectivity index (χ4n) is 3.64. The van der Waals surface area contributed by atoms with Crippen LogP contribution in [0.5, 0.6) is 0 Å². The van der Waals surface area contributed by atoms with Gasteiger partial charge in [0, 0.05) is 25.2 Å². The van der Waals surface area contributed by atoms with E-state index in [1.807, 2.05) is 42.1 Å². The lowest BCUT2D eigenvalue weighted by molar-refractivity contribution is 0.0928. The van der Waals surface area contributed by atoms with E-state index in [0.717, 1.165) is 31.2 Å². The van der Waals surface area contributed by atoms with E-state index in [1.165, 1.54) is 18.6 Å². The largest absolute Gasteiger partial charge is 0.350 e. The molecular formula is C19H23FN2O. The zero-order chi connectivity index (χ0) is 16.3. The van der Waals surface area contributed by atoms with Crippen molar-refractivity contribution in [3.05, 3.63) is 59.7 Å². The Bertz CT molecular complexity index is 669. The average molecular weight is 314 g/mol. The Kier molecular flexibility index (Phi) is 4.51. The van der Waals surface area contributed by atoms with Crippen LogP contribution in [0.2, 0.25) is 0 Å². The Labute approximate surface area is 136 Å². The van der Waals surface area contributed by atoms with E-state index in [0.29, 0.717) is 12.2 Å². The van der Waals surface area contributed by atoms with Gasteiger partial charge in [-0.25, -0.2) is 4.39 Å². The molecule has 3 rings (SSSR count). The smallest absolute Gasteiger partial charge is 0.267 e. The van der Waals surface area contributed by atoms with E-state index in [2.05, 4.69) is 5.32 Å². The van der Waals surface area contributed by atoms with Crippen molar-refractivity contribution in [3.63, 3.8) is 0 Å². The van der Waals surface area contributed by atoms with Gasteiger partial charge in [0.25, 0.3) is 5.91 Å². The highest BCUT2D eigenvalue weighted by atomic mass is 19.1. The van der Waals surface area contributed by atoms with Crippen molar-refractivity contribution in [1.29, 1.82) is 0 Å². The van der Waals surface area contributed by atoms with E-state index in [-0.39, 0.29) is 17.1 Å². The third kappa shape index (κ3) is 3.31. The predicted molar refractivity (Wildman–Crippen MR) is 88.9 cm³/mol. The Hall–Kier alpha value is -2.10. The number of nitrogens with one attached hydrogen (secondary N) is 1. The summed E-state index contributed by atoms with van der Waals surface area (Å²) in [5.41, 5.74) is 1.72. The van der Waals surface area contributed by atoms with Gasteiger partial charge in [-0.15, -0.1) is 0 Å². The molecule has 0 bridgehead atoms. The van der Waals surface area contributed by atoms with E-state index in [9.17, 15) is 9.18 Å². The Morgan fingerprint density at radius 3 is 2.48 bits per heavy atom. The second kappa shape index (κ2) is 6.57. The summed E-state index contributed by atoms with van der Waals surface area (Å²) in [6, 6.07) is 10.5. The fourth-order valence-corrected chi connectivity index (χ4v) is 3.64. The van der Waals surface area contributed by atoms with Crippen LogP contribution >= 0.6 is 0 Å². The molecule has 1 heterocycles. The van der Waals surface area contributed by atoms with Crippen molar-refractivity contribution in [3.8, 4) is 0 Å². The van der Waals surface area contributed by atoms with Crippen LogP contribution in [0.4, 0.5) is 4.39 Å². The van der Waals surface area contributed by atoms with Gasteiger partial charge in [0.1, 0.15) is 11.5 Å². The van der Waals surface area contributed by atoms with Gasteiger partial charge < -0.3 is 9.88 Å². The van der Waals surface area contributed by atoms with Gasteiger partial charge in [-0.05, 0) is 42.7 Å². The monoisotopic (exact) mass is 314 g/mol. The molecule has 1 aromatic heterocycles. The fraction of sp³-hybridized carbons (Fsp3) is 0.421. The Balaban J connectivity index is 1.78. The zero-order valence-corrected chi connectivity index (χ0v) is 13.5. The highest BCUT2D eigenvalue weighted by molar-refractivity contribution is 5.92. The van der Waals surface area contributed by atoms with Crippen LogP contribution in [0.15, 0.2) is 42.6 Å². The molecule has 0 aliphatic heterocycles. The number of carbonyl (C=O) groups is 1. The molecule has 1 aliphatic rings. The first-order valence-electron chi connectivity index (χ1n) is 8.26. The second-order valence-electron chi connectivity index (χ2n) is 6.53. The molecule has 1 amide bonds. The standard InChI is InChI=1S/C19H23FN2O/c1-22-13-5-6-17(22)18(23)21-14-19(11-3-2-4-12-19)15-7-9-16(20)10-8-15/h5-10,13H,2-4,11-12,14H2,1H3,(H,21,23). The molecule has 0 unspecified atom stereocenters. The number of amides is 1. The molecule has 1 saturated carbocycles. The first kappa shape index (κ1) is 15.8. The Morgan fingerprint density at radius 2 is 1.87 bits per heavy atom. The third-order valence-corrected chi connectivity index (χ3v) is 5.03. The van der Waals surface area contributed by atoms with Gasteiger partial charge in [0.2, 0.25) is 0 Å². The predicted octanol–water partition coefficient (Wildman–Crippen LogP) is 3.80. The molecule has 1 fully saturated rings. The summed E-state index contributed by atoms with van der Waals surface area (Å²) >= 11 is 0. The number of halogens is 1. The lowest BCUT2D eigenvalue weighted by atomic mass is 9.69. The molecule has 1 N–H and O–H groups in total. The number of hydrogen-bond acceptors (Lipinski definition) is 1. The number of nitrogens with zero attached hydrogens (tertiary/aromatic N) is 1. The minimum atomic E-state index is -0.215. The molecule has 122 valence electrons. The van der Waals surface area contributed by atoms with Gasteiger partial charge in [-0.1, -0.05) is 31.4 Å². The van der Waals surface area contributed by atoms with Crippen LogP contribution in [0.25, 0.3) is 0 Å². The molecule has 2 aromatic rings. The topological polar surface area (TPSA) is 34.0 Å². The molecule has 0 spiro atoms. The van der Waals surface area contributed by atoms with E-state index < -0.39 is 0 Å². The molecular weight excluding hydrogens is 291 g/mol. The van der Waals surface area contributed by atoms with Crippen LogP contribution in [0.3, 0.4) is 0 Å². The van der Waals surface area contributed by atoms with Crippen LogP contribution in [-0.2, 0) is 12.5 Å². The highest BCUT2D eigenvalue weighted by Crippen LogP contribution is 2.39. The minimum absolute atomic E-state index is 0.0513. The second-order valence-corrected chi connectivity index (χ2v) is 6.53. The summed E-state index contributed by atoms with van der Waals surface area (Å²) in [6.07, 6.45) is 7.47. The molecule has 3 nitrogen and oxygen atoms in total. The minimum Gasteiger partial charge on any atom is -0.350 e. The summed E-state index contributed by atoms with van der Waals surface area (Å²) in [4.78, 5) is 12.4. The van der Waals surface area contributed by atoms with Gasteiger partial charge in [0.15, 0.2) is 0 Å². The maximum atomic E-state index is 13.3. The zero-order valence-electron chi connectivity index (χ0n) is 13.5. The number of carbonyl (C=O) groups excluding carboxylic acids is 1. The summed E-state index contributed by atoms with van der Waals surface area (Å²) in [5.74, 6) is -0.267. The van der Waals surface area contributed by atoms with Crippen molar-refractivity contribution < 1.29 is 9.18 Å². The molecule has 0 saturated heterocycles. The maximum absolute atomic E-state index is 13.3. The van der Waals surface area contributed by atoms with E-state index in [4.69, 9.17) is 0 Å². The third-order valence-electron chi connectivity index (χ3n) is 5.03. The van der Waals surface area contributed by atoms with Crippen LogP contribution in [0.1, 0.15) is 48.2 Å². The highest BCUT2D eigenvalue weighted by Gasteiger charge is 2.34. The Morgan fingerprint density at radius 1 is 1.17 bits per heavy atom. The van der Waals surface area contributed by atoms with Gasteiger partial charge >= 0.3 is 0 Å². The van der Waals surface area contributed by atoms with Crippen molar-refractivity contribution in [2.24, 2.45) is 7.05 Å². The SMILES string of the molecule is Cn1cccc1C(=O)NCC1(c2ccc(F)cc2)CCCCC1. The van der Waals surface area contributed by atoms with Gasteiger partial charge in [-0.3, -0.25) is 4.79 Å². The summed E-state index contributed by atoms with van der Waals surface area (Å²) in [5, 5.41) is 3.10. The molecule has 1 aliphatic carbocycles. The summed E-state index contributed by atoms with van der Waals surface area (Å²) < 4.78 is 15.1. The van der Waals surface area contributed by atoms with Crippen LogP contribution in [0, 0.1) is 5.82 Å². The van der Waals surface area contributed by atoms with Gasteiger partial charge in [-0.2, -0.15) is 0 Å². The molecule has 23 heavy (non-hydrogen) atoms. The maximum Gasteiger partial charge on any atom is 0.267 e. The molecule has 1 aromatic carbocycles. The van der Waals surface area contributed by atoms with Crippen molar-refractivity contribution in [2.45, 2.75) is 37.5 Å². The molecule has 0 radical (unpaired) electrons. The lowest BCUT2D eigenvalue weighted by Gasteiger charge is -2.38. The van der Waals surface area contributed by atoms with E-state index >= 15 is 0 Å². The number of benzene rings is 1. The van der Waals surface area contributed by atoms with Crippen LogP contribution < -0.4 is 5.32 Å². The first-order valence-corrected chi connectivity index (χ1v) is 8.26. The number of rotatable bonds is 4. The quantitative estimate of drug-likeness (QED) is 0.915. The van der Waals surface area contributed by atoms with E-state index in [1.54, 1.807) is 0 Å². The summed E-state index contributed by atoms with van der Waals surface area (Å²) in [7, 11) is 1.87. The van der Waals surface area contributed by atoms with Crippen LogP contribution in [-0.4, -0.2) is 17.0 Å². The molecule has 0 atom stereocenters. The number of aromatic nitrogens is 1. The number of hydrogen-bond donors (Lipinski definition) is 1. The first-order chi connectivity index (χ1) is 11.1. The molecule has 4 heteroatoms. The lowest BCUT2D eigenvalue weighted by Crippen LogP contribution is -2.42. The van der Waals surface area contributed by atoms with Crippen molar-refractivity contribution in [2.75, 3.05) is 6.54 Å². The number of aryl methyl sites for hydroxylation is 1.